The minimum Gasteiger partial charge on any atom is -0.372 e. The van der Waals surface area contributed by atoms with Crippen LogP contribution in [0, 0.1) is 0 Å². The van der Waals surface area contributed by atoms with Crippen LogP contribution in [-0.4, -0.2) is 19.6 Å². The summed E-state index contributed by atoms with van der Waals surface area (Å²) in [7, 11) is 1.70. The molecule has 1 aromatic rings. The van der Waals surface area contributed by atoms with Crippen molar-refractivity contribution in [1.29, 1.82) is 0 Å². The summed E-state index contributed by atoms with van der Waals surface area (Å²) in [5.41, 5.74) is 0.678. The third-order valence-electron chi connectivity index (χ3n) is 3.31. The van der Waals surface area contributed by atoms with E-state index in [4.69, 9.17) is 4.74 Å². The maximum absolute atomic E-state index is 11.6. The van der Waals surface area contributed by atoms with Crippen LogP contribution in [0.4, 0.5) is 0 Å². The molecule has 1 rings (SSSR count). The number of amides is 1. The Kier molecular flexibility index (Phi) is 5.86. The number of carbonyl (C=O) groups excluding carboxylic acids is 1. The molecule has 100 valence electrons. The second-order valence-electron chi connectivity index (χ2n) is 4.44. The van der Waals surface area contributed by atoms with Gasteiger partial charge in [-0.3, -0.25) is 4.79 Å². The molecule has 0 saturated heterocycles. The molecule has 0 aliphatic heterocycles. The molecule has 1 unspecified atom stereocenters. The summed E-state index contributed by atoms with van der Waals surface area (Å²) >= 11 is 0. The number of ether oxygens (including phenoxy) is 1. The number of hydrogen-bond donors (Lipinski definition) is 1. The first-order chi connectivity index (χ1) is 8.68. The van der Waals surface area contributed by atoms with Crippen molar-refractivity contribution in [3.05, 3.63) is 35.9 Å². The molecule has 3 heteroatoms. The highest BCUT2D eigenvalue weighted by molar-refractivity contribution is 5.75. The average molecular weight is 249 g/mol. The Hall–Kier alpha value is -1.35. The average Bonchev–Trinajstić information content (AvgIpc) is 2.42. The number of rotatable bonds is 7. The van der Waals surface area contributed by atoms with Crippen LogP contribution in [0.2, 0.25) is 0 Å². The van der Waals surface area contributed by atoms with Crippen molar-refractivity contribution in [2.24, 2.45) is 0 Å². The van der Waals surface area contributed by atoms with Gasteiger partial charge >= 0.3 is 0 Å². The van der Waals surface area contributed by atoms with E-state index in [2.05, 4.69) is 12.2 Å². The van der Waals surface area contributed by atoms with E-state index >= 15 is 0 Å². The highest BCUT2D eigenvalue weighted by atomic mass is 16.5. The normalized spacial score (nSPS) is 13.9. The van der Waals surface area contributed by atoms with E-state index in [1.54, 1.807) is 7.11 Å². The monoisotopic (exact) mass is 249 g/mol. The van der Waals surface area contributed by atoms with Crippen LogP contribution >= 0.6 is 0 Å². The number of benzene rings is 1. The van der Waals surface area contributed by atoms with Crippen LogP contribution in [0.1, 0.15) is 38.7 Å². The van der Waals surface area contributed by atoms with Crippen molar-refractivity contribution in [2.75, 3.05) is 13.7 Å². The quantitative estimate of drug-likeness (QED) is 0.807. The van der Waals surface area contributed by atoms with Gasteiger partial charge in [-0.25, -0.2) is 0 Å². The third kappa shape index (κ3) is 3.57. The van der Waals surface area contributed by atoms with Gasteiger partial charge in [0, 0.05) is 13.5 Å². The van der Waals surface area contributed by atoms with Gasteiger partial charge in [0.15, 0.2) is 0 Å². The zero-order chi connectivity index (χ0) is 13.4. The molecule has 0 fully saturated rings. The van der Waals surface area contributed by atoms with Crippen LogP contribution in [0.5, 0.6) is 0 Å². The summed E-state index contributed by atoms with van der Waals surface area (Å²) in [6.45, 7) is 4.59. The zero-order valence-electron chi connectivity index (χ0n) is 11.5. The summed E-state index contributed by atoms with van der Waals surface area (Å²) in [6.07, 6.45) is 2.25. The highest BCUT2D eigenvalue weighted by Gasteiger charge is 2.30. The summed E-state index contributed by atoms with van der Waals surface area (Å²) in [5, 5.41) is 2.96. The fourth-order valence-corrected chi connectivity index (χ4v) is 2.06. The fourth-order valence-electron chi connectivity index (χ4n) is 2.06. The first kappa shape index (κ1) is 14.7. The molecular weight excluding hydrogens is 226 g/mol. The molecule has 0 radical (unpaired) electrons. The van der Waals surface area contributed by atoms with E-state index in [9.17, 15) is 4.79 Å². The van der Waals surface area contributed by atoms with Gasteiger partial charge in [-0.15, -0.1) is 0 Å². The molecule has 0 saturated carbocycles. The Bertz CT molecular complexity index is 358. The lowest BCUT2D eigenvalue weighted by atomic mass is 9.90. The molecule has 0 heterocycles. The van der Waals surface area contributed by atoms with Gasteiger partial charge < -0.3 is 10.1 Å². The Morgan fingerprint density at radius 3 is 2.44 bits per heavy atom. The lowest BCUT2D eigenvalue weighted by Gasteiger charge is -2.32. The Labute approximate surface area is 110 Å². The van der Waals surface area contributed by atoms with Crippen LogP contribution < -0.4 is 5.32 Å². The molecule has 1 aromatic carbocycles. The molecule has 1 atom stereocenters. The molecule has 1 amide bonds. The number of carbonyl (C=O) groups is 1. The van der Waals surface area contributed by atoms with Crippen LogP contribution in [0.25, 0.3) is 0 Å². The van der Waals surface area contributed by atoms with Gasteiger partial charge in [-0.05, 0) is 18.4 Å². The smallest absolute Gasteiger partial charge is 0.220 e. The van der Waals surface area contributed by atoms with E-state index < -0.39 is 5.60 Å². The van der Waals surface area contributed by atoms with Crippen LogP contribution in [0.3, 0.4) is 0 Å². The maximum atomic E-state index is 11.6. The first-order valence-electron chi connectivity index (χ1n) is 6.56. The molecule has 18 heavy (non-hydrogen) atoms. The minimum atomic E-state index is -0.426. The minimum absolute atomic E-state index is 0.0864. The van der Waals surface area contributed by atoms with E-state index in [1.807, 2.05) is 37.3 Å². The first-order valence-corrected chi connectivity index (χ1v) is 6.56. The van der Waals surface area contributed by atoms with Gasteiger partial charge in [-0.2, -0.15) is 0 Å². The molecule has 3 nitrogen and oxygen atoms in total. The molecular formula is C15H23NO2. The largest absolute Gasteiger partial charge is 0.372 e. The second kappa shape index (κ2) is 7.17. The summed E-state index contributed by atoms with van der Waals surface area (Å²) < 4.78 is 5.69. The van der Waals surface area contributed by atoms with Crippen molar-refractivity contribution in [1.82, 2.24) is 5.32 Å². The van der Waals surface area contributed by atoms with E-state index in [-0.39, 0.29) is 5.91 Å². The van der Waals surface area contributed by atoms with Gasteiger partial charge in [0.05, 0.1) is 6.54 Å². The lowest BCUT2D eigenvalue weighted by Crippen LogP contribution is -2.41. The lowest BCUT2D eigenvalue weighted by molar-refractivity contribution is -0.123. The van der Waals surface area contributed by atoms with E-state index in [1.165, 1.54) is 0 Å². The highest BCUT2D eigenvalue weighted by Crippen LogP contribution is 2.27. The van der Waals surface area contributed by atoms with Gasteiger partial charge in [0.2, 0.25) is 5.91 Å². The number of nitrogens with one attached hydrogen (secondary N) is 1. The molecule has 1 N–H and O–H groups in total. The molecule has 0 bridgehead atoms. The predicted molar refractivity (Wildman–Crippen MR) is 73.3 cm³/mol. The van der Waals surface area contributed by atoms with E-state index in [0.717, 1.165) is 18.4 Å². The Morgan fingerprint density at radius 2 is 1.94 bits per heavy atom. The summed E-state index contributed by atoms with van der Waals surface area (Å²) in [5.74, 6) is 0.0864. The fraction of sp³-hybridized carbons (Fsp3) is 0.533. The molecule has 0 aromatic heterocycles. The number of methoxy groups -OCH3 is 1. The Morgan fingerprint density at radius 1 is 1.28 bits per heavy atom. The topological polar surface area (TPSA) is 38.3 Å². The van der Waals surface area contributed by atoms with Crippen LogP contribution in [0.15, 0.2) is 30.3 Å². The maximum Gasteiger partial charge on any atom is 0.220 e. The summed E-state index contributed by atoms with van der Waals surface area (Å²) in [6, 6.07) is 10.0. The van der Waals surface area contributed by atoms with Crippen molar-refractivity contribution in [2.45, 2.75) is 38.7 Å². The summed E-state index contributed by atoms with van der Waals surface area (Å²) in [4.78, 5) is 11.6. The SMILES string of the molecule is CCCC(=O)NCC(CC)(OC)c1ccccc1. The number of hydrogen-bond acceptors (Lipinski definition) is 2. The van der Waals surface area contributed by atoms with Crippen molar-refractivity contribution in [3.8, 4) is 0 Å². The van der Waals surface area contributed by atoms with Gasteiger partial charge in [-0.1, -0.05) is 44.2 Å². The van der Waals surface area contributed by atoms with Gasteiger partial charge in [0.25, 0.3) is 0 Å². The van der Waals surface area contributed by atoms with Crippen molar-refractivity contribution in [3.63, 3.8) is 0 Å². The van der Waals surface area contributed by atoms with Crippen molar-refractivity contribution < 1.29 is 9.53 Å². The second-order valence-corrected chi connectivity index (χ2v) is 4.44. The van der Waals surface area contributed by atoms with E-state index in [0.29, 0.717) is 13.0 Å². The van der Waals surface area contributed by atoms with Crippen LogP contribution in [-0.2, 0) is 15.1 Å². The zero-order valence-corrected chi connectivity index (χ0v) is 11.5. The predicted octanol–water partition coefficient (Wildman–Crippen LogP) is 2.85. The standard InChI is InChI=1S/C15H23NO2/c1-4-9-14(17)16-12-15(5-2,18-3)13-10-7-6-8-11-13/h6-8,10-11H,4-5,9,12H2,1-3H3,(H,16,17). The Balaban J connectivity index is 2.78. The van der Waals surface area contributed by atoms with Gasteiger partial charge in [0.1, 0.15) is 5.60 Å². The molecule has 0 aliphatic carbocycles. The third-order valence-corrected chi connectivity index (χ3v) is 3.31. The molecule has 0 spiro atoms. The molecule has 0 aliphatic rings. The van der Waals surface area contributed by atoms with Crippen molar-refractivity contribution >= 4 is 5.91 Å².